The summed E-state index contributed by atoms with van der Waals surface area (Å²) < 4.78 is 35.7. The van der Waals surface area contributed by atoms with Crippen molar-refractivity contribution in [1.82, 2.24) is 14.9 Å². The zero-order valence-electron chi connectivity index (χ0n) is 21.7. The number of benzene rings is 3. The number of nitrogens with one attached hydrogen (secondary N) is 1. The van der Waals surface area contributed by atoms with E-state index in [9.17, 15) is 13.2 Å². The molecule has 3 heterocycles. The minimum absolute atomic E-state index is 0.0377. The second-order valence-electron chi connectivity index (χ2n) is 10.1. The standard InChI is InChI=1S/C30H28N4O4S/c1-19-8-6-9-20(2)28(19)26-16-27-32-30(31-26)33-39(36,37)25-13-7-12-22(15-25)29(35)34-17-23(14-24(18-34)38-27)21-10-4-3-5-11-21/h3-13,15-16,23-24H,14,17-18H2,1-2H3,(H,31,32,33). The molecule has 1 N–H and O–H groups in total. The second kappa shape index (κ2) is 9.81. The smallest absolute Gasteiger partial charge is 0.264 e. The SMILES string of the molecule is Cc1cccc(C)c1-c1cc2nc(n1)NS(=O)(=O)c1cccc(c1)C(=O)N1CC(CC(c3ccccc3)C1)O2. The Balaban J connectivity index is 1.51. The molecule has 1 fully saturated rings. The van der Waals surface area contributed by atoms with E-state index < -0.39 is 10.0 Å². The average molecular weight is 541 g/mol. The molecule has 6 bridgehead atoms. The van der Waals surface area contributed by atoms with Crippen molar-refractivity contribution in [3.05, 3.63) is 101 Å². The predicted molar refractivity (Wildman–Crippen MR) is 148 cm³/mol. The van der Waals surface area contributed by atoms with Gasteiger partial charge in [0, 0.05) is 29.7 Å². The number of piperidine rings is 1. The fourth-order valence-electron chi connectivity index (χ4n) is 5.48. The predicted octanol–water partition coefficient (Wildman–Crippen LogP) is 4.95. The van der Waals surface area contributed by atoms with Gasteiger partial charge in [0.05, 0.1) is 17.1 Å². The molecule has 1 amide bonds. The number of fused-ring (bicyclic) bond motifs is 6. The third-order valence-corrected chi connectivity index (χ3v) is 8.64. The molecule has 0 saturated carbocycles. The Hall–Kier alpha value is -4.24. The summed E-state index contributed by atoms with van der Waals surface area (Å²) in [4.78, 5) is 24.4. The van der Waals surface area contributed by atoms with Crippen molar-refractivity contribution in [1.29, 1.82) is 0 Å². The number of hydrogen-bond donors (Lipinski definition) is 1. The molecule has 1 aromatic heterocycles. The van der Waals surface area contributed by atoms with E-state index in [0.29, 0.717) is 30.8 Å². The van der Waals surface area contributed by atoms with Gasteiger partial charge in [-0.25, -0.2) is 18.1 Å². The molecule has 0 radical (unpaired) electrons. The van der Waals surface area contributed by atoms with Crippen LogP contribution in [0.15, 0.2) is 83.8 Å². The number of aryl methyl sites for hydroxylation is 2. The first kappa shape index (κ1) is 25.1. The van der Waals surface area contributed by atoms with E-state index in [1.807, 2.05) is 50.2 Å². The van der Waals surface area contributed by atoms with E-state index in [0.717, 1.165) is 22.3 Å². The van der Waals surface area contributed by atoms with Gasteiger partial charge < -0.3 is 9.64 Å². The van der Waals surface area contributed by atoms with Gasteiger partial charge in [-0.1, -0.05) is 54.6 Å². The van der Waals surface area contributed by atoms with E-state index in [4.69, 9.17) is 4.74 Å². The molecule has 2 aliphatic heterocycles. The minimum Gasteiger partial charge on any atom is -0.472 e. The van der Waals surface area contributed by atoms with E-state index in [1.54, 1.807) is 23.1 Å². The summed E-state index contributed by atoms with van der Waals surface area (Å²) in [5.74, 6) is -0.0381. The number of hydrogen-bond acceptors (Lipinski definition) is 6. The molecule has 1 saturated heterocycles. The highest BCUT2D eigenvalue weighted by Gasteiger charge is 2.34. The Morgan fingerprint density at radius 2 is 1.64 bits per heavy atom. The van der Waals surface area contributed by atoms with Crippen molar-refractivity contribution in [2.75, 3.05) is 17.8 Å². The molecule has 2 aliphatic rings. The largest absolute Gasteiger partial charge is 0.472 e. The lowest BCUT2D eigenvalue weighted by Gasteiger charge is -2.38. The normalized spacial score (nSPS) is 20.1. The summed E-state index contributed by atoms with van der Waals surface area (Å²) in [6, 6.07) is 23.8. The molecule has 0 spiro atoms. The average Bonchev–Trinajstić information content (AvgIpc) is 2.92. The van der Waals surface area contributed by atoms with Crippen LogP contribution in [0.4, 0.5) is 5.95 Å². The highest BCUT2D eigenvalue weighted by atomic mass is 32.2. The van der Waals surface area contributed by atoms with Crippen molar-refractivity contribution in [2.45, 2.75) is 37.2 Å². The first-order chi connectivity index (χ1) is 18.8. The number of ether oxygens (including phenoxy) is 1. The number of anilines is 1. The van der Waals surface area contributed by atoms with Gasteiger partial charge in [-0.15, -0.1) is 0 Å². The maximum absolute atomic E-state index is 13.6. The van der Waals surface area contributed by atoms with Crippen LogP contribution in [0.2, 0.25) is 0 Å². The number of aromatic nitrogens is 2. The molecule has 2 unspecified atom stereocenters. The molecule has 198 valence electrons. The highest BCUT2D eigenvalue weighted by Crippen LogP contribution is 2.33. The Bertz CT molecular complexity index is 1650. The number of nitrogens with zero attached hydrogens (tertiary/aromatic N) is 3. The molecular formula is C30H28N4O4S. The van der Waals surface area contributed by atoms with Crippen LogP contribution in [-0.4, -0.2) is 48.4 Å². The molecule has 2 atom stereocenters. The van der Waals surface area contributed by atoms with E-state index in [-0.39, 0.29) is 34.7 Å². The minimum atomic E-state index is -4.08. The molecular weight excluding hydrogens is 512 g/mol. The summed E-state index contributed by atoms with van der Waals surface area (Å²) >= 11 is 0. The molecule has 0 aliphatic carbocycles. The molecule has 3 aromatic carbocycles. The van der Waals surface area contributed by atoms with Crippen LogP contribution < -0.4 is 9.46 Å². The number of rotatable bonds is 2. The van der Waals surface area contributed by atoms with Crippen molar-refractivity contribution in [2.24, 2.45) is 0 Å². The molecule has 8 nitrogen and oxygen atoms in total. The van der Waals surface area contributed by atoms with Crippen molar-refractivity contribution >= 4 is 21.9 Å². The van der Waals surface area contributed by atoms with Gasteiger partial charge >= 0.3 is 0 Å². The fraction of sp³-hybridized carbons (Fsp3) is 0.233. The van der Waals surface area contributed by atoms with Crippen LogP contribution in [0.1, 0.15) is 39.4 Å². The first-order valence-electron chi connectivity index (χ1n) is 12.9. The Morgan fingerprint density at radius 1 is 0.897 bits per heavy atom. The number of amides is 1. The van der Waals surface area contributed by atoms with Gasteiger partial charge in [0.15, 0.2) is 0 Å². The fourth-order valence-corrected chi connectivity index (χ4v) is 6.47. The van der Waals surface area contributed by atoms with E-state index >= 15 is 0 Å². The molecule has 39 heavy (non-hydrogen) atoms. The number of sulfonamides is 1. The maximum Gasteiger partial charge on any atom is 0.264 e. The van der Waals surface area contributed by atoms with Crippen molar-refractivity contribution in [3.63, 3.8) is 0 Å². The second-order valence-corrected chi connectivity index (χ2v) is 11.8. The zero-order chi connectivity index (χ0) is 27.1. The topological polar surface area (TPSA) is 101 Å². The quantitative estimate of drug-likeness (QED) is 0.386. The Morgan fingerprint density at radius 3 is 2.41 bits per heavy atom. The third kappa shape index (κ3) is 4.97. The van der Waals surface area contributed by atoms with Crippen LogP contribution in [0.25, 0.3) is 11.3 Å². The third-order valence-electron chi connectivity index (χ3n) is 7.31. The monoisotopic (exact) mass is 540 g/mol. The van der Waals surface area contributed by atoms with Crippen LogP contribution in [0, 0.1) is 13.8 Å². The lowest BCUT2D eigenvalue weighted by Crippen LogP contribution is -2.47. The maximum atomic E-state index is 13.6. The van der Waals surface area contributed by atoms with Crippen LogP contribution in [0.5, 0.6) is 5.88 Å². The van der Waals surface area contributed by atoms with Gasteiger partial charge in [0.1, 0.15) is 6.10 Å². The Labute approximate surface area is 227 Å². The lowest BCUT2D eigenvalue weighted by atomic mass is 9.89. The van der Waals surface area contributed by atoms with E-state index in [1.165, 1.54) is 12.1 Å². The van der Waals surface area contributed by atoms with Gasteiger partial charge in [-0.3, -0.25) is 4.79 Å². The summed E-state index contributed by atoms with van der Waals surface area (Å²) in [6.45, 7) is 4.82. The van der Waals surface area contributed by atoms with Crippen LogP contribution in [0.3, 0.4) is 0 Å². The molecule has 9 heteroatoms. The van der Waals surface area contributed by atoms with Gasteiger partial charge in [-0.05, 0) is 55.2 Å². The lowest BCUT2D eigenvalue weighted by molar-refractivity contribution is 0.0477. The summed E-state index contributed by atoms with van der Waals surface area (Å²) in [6.07, 6.45) is 0.319. The number of carbonyl (C=O) groups excluding carboxylic acids is 1. The highest BCUT2D eigenvalue weighted by molar-refractivity contribution is 7.92. The van der Waals surface area contributed by atoms with Crippen molar-refractivity contribution in [3.8, 4) is 17.1 Å². The summed E-state index contributed by atoms with van der Waals surface area (Å²) in [7, 11) is -4.08. The zero-order valence-corrected chi connectivity index (χ0v) is 22.5. The van der Waals surface area contributed by atoms with Gasteiger partial charge in [-0.2, -0.15) is 4.98 Å². The number of carbonyl (C=O) groups is 1. The Kier molecular flexibility index (Phi) is 6.31. The summed E-state index contributed by atoms with van der Waals surface area (Å²) in [5.41, 5.74) is 4.86. The first-order valence-corrected chi connectivity index (χ1v) is 14.3. The van der Waals surface area contributed by atoms with Crippen molar-refractivity contribution < 1.29 is 17.9 Å². The molecule has 4 aromatic rings. The van der Waals surface area contributed by atoms with E-state index in [2.05, 4.69) is 26.8 Å². The van der Waals surface area contributed by atoms with Crippen LogP contribution >= 0.6 is 0 Å². The summed E-state index contributed by atoms with van der Waals surface area (Å²) in [5, 5.41) is 0. The molecule has 6 rings (SSSR count). The van der Waals surface area contributed by atoms with Gasteiger partial charge in [0.25, 0.3) is 15.9 Å². The van der Waals surface area contributed by atoms with Gasteiger partial charge in [0.2, 0.25) is 11.8 Å². The van der Waals surface area contributed by atoms with Crippen LogP contribution in [-0.2, 0) is 10.0 Å².